The van der Waals surface area contributed by atoms with Crippen LogP contribution in [0.1, 0.15) is 13.3 Å². The summed E-state index contributed by atoms with van der Waals surface area (Å²) in [5, 5.41) is 0. The molecule has 170 valence electrons. The van der Waals surface area contributed by atoms with Crippen LogP contribution in [0.25, 0.3) is 11.2 Å². The van der Waals surface area contributed by atoms with Crippen molar-refractivity contribution in [2.75, 3.05) is 24.6 Å². The van der Waals surface area contributed by atoms with Crippen molar-refractivity contribution in [2.24, 2.45) is 12.8 Å². The van der Waals surface area contributed by atoms with Crippen LogP contribution in [0.5, 0.6) is 5.88 Å². The van der Waals surface area contributed by atoms with Crippen LogP contribution in [0.4, 0.5) is 5.95 Å². The number of Topliss-reactive ketones (excluding diaryl/α,β-unsaturated/α-hetero) is 1. The van der Waals surface area contributed by atoms with Crippen LogP contribution in [-0.4, -0.2) is 55.2 Å². The molecule has 3 aromatic heterocycles. The van der Waals surface area contributed by atoms with Gasteiger partial charge in [-0.2, -0.15) is 4.98 Å². The number of ether oxygens (including phenoxy) is 1. The van der Waals surface area contributed by atoms with Crippen molar-refractivity contribution in [3.63, 3.8) is 0 Å². The normalized spacial score (nSPS) is 16.5. The predicted octanol–water partition coefficient (Wildman–Crippen LogP) is -0.0136. The number of anilines is 1. The third-order valence-electron chi connectivity index (χ3n) is 5.54. The van der Waals surface area contributed by atoms with Crippen molar-refractivity contribution in [3.8, 4) is 5.88 Å². The van der Waals surface area contributed by atoms with Gasteiger partial charge in [-0.1, -0.05) is 12.2 Å². The Morgan fingerprint density at radius 3 is 2.84 bits per heavy atom. The first-order chi connectivity index (χ1) is 15.4. The first kappa shape index (κ1) is 21.6. The van der Waals surface area contributed by atoms with Gasteiger partial charge in [-0.15, -0.1) is 0 Å². The quantitative estimate of drug-likeness (QED) is 0.470. The van der Waals surface area contributed by atoms with Crippen LogP contribution in [-0.2, 0) is 24.9 Å². The van der Waals surface area contributed by atoms with Crippen LogP contribution >= 0.6 is 0 Å². The number of hydrogen-bond acceptors (Lipinski definition) is 7. The summed E-state index contributed by atoms with van der Waals surface area (Å²) in [6, 6.07) is 3.45. The molecule has 0 spiro atoms. The molecule has 11 nitrogen and oxygen atoms in total. The monoisotopic (exact) mass is 441 g/mol. The molecule has 0 saturated carbocycles. The van der Waals surface area contributed by atoms with Crippen LogP contribution in [0.2, 0.25) is 0 Å². The molecule has 1 fully saturated rings. The number of carbonyl (C=O) groups excluding carboxylic acids is 1. The summed E-state index contributed by atoms with van der Waals surface area (Å²) in [6.45, 7) is 2.99. The number of imidazole rings is 1. The maximum absolute atomic E-state index is 13.4. The number of aryl methyl sites for hydroxylation is 1. The van der Waals surface area contributed by atoms with Crippen molar-refractivity contribution in [1.82, 2.24) is 23.7 Å². The van der Waals surface area contributed by atoms with Crippen molar-refractivity contribution in [3.05, 3.63) is 51.3 Å². The zero-order valence-electron chi connectivity index (χ0n) is 18.2. The number of nitrogens with zero attached hydrogens (tertiary/aromatic N) is 5. The van der Waals surface area contributed by atoms with E-state index in [0.717, 1.165) is 17.5 Å². The number of nitrogens with two attached hydrogens (primary N) is 1. The molecule has 0 aromatic carbocycles. The first-order valence-electron chi connectivity index (χ1n) is 10.5. The van der Waals surface area contributed by atoms with Gasteiger partial charge in [-0.25, -0.2) is 4.79 Å². The highest BCUT2D eigenvalue weighted by Crippen LogP contribution is 2.23. The Bertz CT molecular complexity index is 1270. The Hall–Kier alpha value is -3.60. The minimum absolute atomic E-state index is 0.0303. The number of carbonyl (C=O) groups is 1. The predicted molar refractivity (Wildman–Crippen MR) is 120 cm³/mol. The average Bonchev–Trinajstić information content (AvgIpc) is 3.52. The molecular formula is C21H27N7O4. The maximum Gasteiger partial charge on any atom is 0.332 e. The Labute approximate surface area is 183 Å². The van der Waals surface area contributed by atoms with E-state index in [9.17, 15) is 14.4 Å². The summed E-state index contributed by atoms with van der Waals surface area (Å²) in [4.78, 5) is 48.2. The van der Waals surface area contributed by atoms with E-state index in [1.165, 1.54) is 4.57 Å². The fraction of sp³-hybridized carbons (Fsp3) is 0.429. The third kappa shape index (κ3) is 3.98. The molecule has 0 bridgehead atoms. The number of fused-ring (bicyclic) bond motifs is 1. The van der Waals surface area contributed by atoms with E-state index < -0.39 is 17.0 Å². The van der Waals surface area contributed by atoms with Gasteiger partial charge in [0.1, 0.15) is 6.61 Å². The van der Waals surface area contributed by atoms with Crippen molar-refractivity contribution in [2.45, 2.75) is 32.5 Å². The van der Waals surface area contributed by atoms with Gasteiger partial charge >= 0.3 is 5.69 Å². The van der Waals surface area contributed by atoms with E-state index in [1.54, 1.807) is 29.9 Å². The standard InChI is InChI=1S/C21H27N7O4/c1-3-4-9-27-17-18(24-20(27)26-10-7-14(22)11-26)25(2)21(31)28(19(17)30)12-15(29)13-32-16-6-5-8-23-16/h3-6,8,14,23H,7,9-13,22H2,1-2H3. The maximum atomic E-state index is 13.4. The number of hydrogen-bond donors (Lipinski definition) is 2. The van der Waals surface area contributed by atoms with Gasteiger partial charge in [0.15, 0.2) is 22.8 Å². The summed E-state index contributed by atoms with van der Waals surface area (Å²) in [5.74, 6) is 0.632. The van der Waals surface area contributed by atoms with E-state index in [1.807, 2.05) is 24.0 Å². The van der Waals surface area contributed by atoms with Crippen LogP contribution < -0.4 is 26.6 Å². The van der Waals surface area contributed by atoms with E-state index in [-0.39, 0.29) is 30.4 Å². The van der Waals surface area contributed by atoms with Crippen LogP contribution in [0, 0.1) is 0 Å². The van der Waals surface area contributed by atoms with Gasteiger partial charge in [0.25, 0.3) is 5.56 Å². The Balaban J connectivity index is 1.75. The molecule has 32 heavy (non-hydrogen) atoms. The molecule has 3 N–H and O–H groups in total. The molecule has 1 atom stereocenters. The second-order valence-electron chi connectivity index (χ2n) is 7.85. The molecule has 3 aromatic rings. The summed E-state index contributed by atoms with van der Waals surface area (Å²) in [6.07, 6.45) is 6.29. The smallest absolute Gasteiger partial charge is 0.332 e. The SMILES string of the molecule is CC=CCn1c(N2CCC(N)C2)nc2c1c(=O)n(CC(=O)COc1ccc[nH]1)c(=O)n2C. The molecule has 0 amide bonds. The van der Waals surface area contributed by atoms with E-state index in [2.05, 4.69) is 9.97 Å². The summed E-state index contributed by atoms with van der Waals surface area (Å²) >= 11 is 0. The van der Waals surface area contributed by atoms with E-state index in [4.69, 9.17) is 10.5 Å². The summed E-state index contributed by atoms with van der Waals surface area (Å²) in [7, 11) is 1.55. The number of nitrogens with one attached hydrogen (secondary N) is 1. The van der Waals surface area contributed by atoms with E-state index in [0.29, 0.717) is 24.9 Å². The number of allylic oxidation sites excluding steroid dienone is 2. The van der Waals surface area contributed by atoms with Crippen LogP contribution in [0.3, 0.4) is 0 Å². The number of aromatic amines is 1. The Morgan fingerprint density at radius 1 is 1.38 bits per heavy atom. The number of aromatic nitrogens is 5. The van der Waals surface area contributed by atoms with Crippen LogP contribution in [0.15, 0.2) is 40.1 Å². The summed E-state index contributed by atoms with van der Waals surface area (Å²) in [5.41, 5.74) is 5.47. The molecule has 1 unspecified atom stereocenters. The second kappa shape index (κ2) is 8.87. The molecule has 1 saturated heterocycles. The fourth-order valence-electron chi connectivity index (χ4n) is 3.88. The van der Waals surface area contributed by atoms with Crippen molar-refractivity contribution in [1.29, 1.82) is 0 Å². The molecule has 1 aliphatic heterocycles. The van der Waals surface area contributed by atoms with Gasteiger partial charge in [0.05, 0.1) is 6.54 Å². The molecule has 4 heterocycles. The zero-order valence-corrected chi connectivity index (χ0v) is 18.2. The fourth-order valence-corrected chi connectivity index (χ4v) is 3.88. The zero-order chi connectivity index (χ0) is 22.8. The van der Waals surface area contributed by atoms with Gasteiger partial charge in [0.2, 0.25) is 5.95 Å². The topological polar surface area (TPSA) is 133 Å². The molecule has 0 radical (unpaired) electrons. The largest absolute Gasteiger partial charge is 0.471 e. The first-order valence-corrected chi connectivity index (χ1v) is 10.5. The van der Waals surface area contributed by atoms with E-state index >= 15 is 0 Å². The van der Waals surface area contributed by atoms with Gasteiger partial charge in [-0.05, 0) is 25.5 Å². The summed E-state index contributed by atoms with van der Waals surface area (Å²) < 4.78 is 9.39. The second-order valence-corrected chi connectivity index (χ2v) is 7.85. The van der Waals surface area contributed by atoms with Gasteiger partial charge in [-0.3, -0.25) is 18.7 Å². The number of ketones is 1. The molecule has 11 heteroatoms. The lowest BCUT2D eigenvalue weighted by Gasteiger charge is -2.18. The molecule has 4 rings (SSSR count). The lowest BCUT2D eigenvalue weighted by atomic mass is 10.3. The molecule has 0 aliphatic carbocycles. The lowest BCUT2D eigenvalue weighted by Crippen LogP contribution is -2.42. The highest BCUT2D eigenvalue weighted by molar-refractivity contribution is 5.80. The minimum atomic E-state index is -0.601. The number of H-pyrrole nitrogens is 1. The average molecular weight is 441 g/mol. The number of rotatable bonds is 8. The van der Waals surface area contributed by atoms with Gasteiger partial charge in [0, 0.05) is 38.9 Å². The highest BCUT2D eigenvalue weighted by Gasteiger charge is 2.27. The molecular weight excluding hydrogens is 414 g/mol. The van der Waals surface area contributed by atoms with Crippen molar-refractivity contribution < 1.29 is 9.53 Å². The Kier molecular flexibility index (Phi) is 5.99. The van der Waals surface area contributed by atoms with Gasteiger partial charge < -0.3 is 24.9 Å². The minimum Gasteiger partial charge on any atom is -0.471 e. The third-order valence-corrected chi connectivity index (χ3v) is 5.54. The van der Waals surface area contributed by atoms with Crippen molar-refractivity contribution >= 4 is 22.9 Å². The lowest BCUT2D eigenvalue weighted by molar-refractivity contribution is -0.121. The highest BCUT2D eigenvalue weighted by atomic mass is 16.5. The Morgan fingerprint density at radius 2 is 2.19 bits per heavy atom. The molecule has 1 aliphatic rings.